The fourth-order valence-electron chi connectivity index (χ4n) is 1.46. The zero-order chi connectivity index (χ0) is 13.7. The fraction of sp³-hybridized carbons (Fsp3) is 0.222. The molecule has 0 aliphatic carbocycles. The Balaban J connectivity index is 2.72. The average Bonchev–Trinajstić information content (AvgIpc) is 2.59. The molecule has 0 atom stereocenters. The standard InChI is InChI=1S/C9H6F4N2O2S/c1-4-2-5(10)7-6(3-4)14-8(15-7)9(11,12)18(13,16)17/h2-3H,1H3,(H,14,15). The molecule has 1 aromatic heterocycles. The maximum atomic E-state index is 13.4. The first-order chi connectivity index (χ1) is 8.13. The molecule has 1 N–H and O–H groups in total. The highest BCUT2D eigenvalue weighted by Crippen LogP contribution is 2.34. The van der Waals surface area contributed by atoms with Crippen LogP contribution in [-0.4, -0.2) is 18.4 Å². The van der Waals surface area contributed by atoms with E-state index in [4.69, 9.17) is 0 Å². The number of aromatic amines is 1. The molecule has 0 amide bonds. The van der Waals surface area contributed by atoms with Gasteiger partial charge in [-0.3, -0.25) is 0 Å². The number of rotatable bonds is 2. The van der Waals surface area contributed by atoms with Gasteiger partial charge >= 0.3 is 15.5 Å². The molecule has 0 unspecified atom stereocenters. The number of hydrogen-bond donors (Lipinski definition) is 1. The maximum absolute atomic E-state index is 13.4. The summed E-state index contributed by atoms with van der Waals surface area (Å²) in [5.74, 6) is -2.36. The monoisotopic (exact) mass is 282 g/mol. The Hall–Kier alpha value is -1.64. The number of aromatic nitrogens is 2. The van der Waals surface area contributed by atoms with E-state index >= 15 is 0 Å². The van der Waals surface area contributed by atoms with Crippen molar-refractivity contribution in [3.05, 3.63) is 29.3 Å². The molecular weight excluding hydrogens is 276 g/mol. The molecule has 0 bridgehead atoms. The lowest BCUT2D eigenvalue weighted by Crippen LogP contribution is -2.23. The van der Waals surface area contributed by atoms with Crippen molar-refractivity contribution in [2.24, 2.45) is 0 Å². The summed E-state index contributed by atoms with van der Waals surface area (Å²) in [5, 5.41) is -4.84. The summed E-state index contributed by atoms with van der Waals surface area (Å²) in [6, 6.07) is 2.32. The third kappa shape index (κ3) is 1.84. The van der Waals surface area contributed by atoms with Gasteiger partial charge in [0.2, 0.25) is 0 Å². The summed E-state index contributed by atoms with van der Waals surface area (Å²) in [4.78, 5) is 5.00. The van der Waals surface area contributed by atoms with Crippen molar-refractivity contribution in [2.45, 2.75) is 12.2 Å². The van der Waals surface area contributed by atoms with Gasteiger partial charge in [-0.2, -0.15) is 17.2 Å². The Kier molecular flexibility index (Phi) is 2.61. The van der Waals surface area contributed by atoms with Crippen LogP contribution >= 0.6 is 0 Å². The number of aryl methyl sites for hydroxylation is 1. The van der Waals surface area contributed by atoms with Crippen molar-refractivity contribution < 1.29 is 25.5 Å². The molecule has 18 heavy (non-hydrogen) atoms. The van der Waals surface area contributed by atoms with Crippen LogP contribution < -0.4 is 0 Å². The highest BCUT2D eigenvalue weighted by molar-refractivity contribution is 7.87. The first-order valence-electron chi connectivity index (χ1n) is 4.61. The summed E-state index contributed by atoms with van der Waals surface area (Å²) in [6.07, 6.45) is 0. The SMILES string of the molecule is Cc1cc(F)c2nc(C(F)(F)S(=O)(=O)F)[nH]c2c1. The van der Waals surface area contributed by atoms with Gasteiger partial charge in [-0.15, -0.1) is 0 Å². The van der Waals surface area contributed by atoms with Gasteiger partial charge < -0.3 is 4.98 Å². The minimum absolute atomic E-state index is 0.133. The van der Waals surface area contributed by atoms with Gasteiger partial charge in [0, 0.05) is 0 Å². The largest absolute Gasteiger partial charge is 0.430 e. The number of nitrogens with zero attached hydrogens (tertiary/aromatic N) is 1. The Morgan fingerprint density at radius 3 is 2.50 bits per heavy atom. The number of benzene rings is 1. The van der Waals surface area contributed by atoms with Crippen LogP contribution in [0.1, 0.15) is 11.4 Å². The molecule has 0 saturated heterocycles. The number of fused-ring (bicyclic) bond motifs is 1. The molecule has 9 heteroatoms. The summed E-state index contributed by atoms with van der Waals surface area (Å²) in [7, 11) is -6.18. The van der Waals surface area contributed by atoms with Crippen LogP contribution in [-0.2, 0) is 15.5 Å². The molecule has 0 saturated carbocycles. The molecule has 0 fully saturated rings. The van der Waals surface area contributed by atoms with Crippen molar-refractivity contribution in [1.82, 2.24) is 9.97 Å². The Labute approximate surface area is 98.9 Å². The Bertz CT molecular complexity index is 723. The van der Waals surface area contributed by atoms with E-state index in [2.05, 4.69) is 4.98 Å². The Morgan fingerprint density at radius 1 is 1.33 bits per heavy atom. The van der Waals surface area contributed by atoms with Crippen LogP contribution in [0.25, 0.3) is 11.0 Å². The molecule has 1 heterocycles. The molecule has 2 aromatic rings. The highest BCUT2D eigenvalue weighted by Gasteiger charge is 2.50. The molecule has 98 valence electrons. The van der Waals surface area contributed by atoms with Crippen LogP contribution in [0.4, 0.5) is 17.1 Å². The molecule has 0 spiro atoms. The first-order valence-corrected chi connectivity index (χ1v) is 5.99. The van der Waals surface area contributed by atoms with Crippen LogP contribution in [0.5, 0.6) is 0 Å². The molecule has 2 rings (SSSR count). The molecule has 0 aliphatic heterocycles. The number of H-pyrrole nitrogens is 1. The van der Waals surface area contributed by atoms with Crippen LogP contribution in [0.3, 0.4) is 0 Å². The number of hydrogen-bond acceptors (Lipinski definition) is 3. The van der Waals surface area contributed by atoms with E-state index in [1.54, 1.807) is 0 Å². The normalized spacial score (nSPS) is 13.2. The van der Waals surface area contributed by atoms with Crippen LogP contribution in [0.2, 0.25) is 0 Å². The van der Waals surface area contributed by atoms with Crippen molar-refractivity contribution in [3.63, 3.8) is 0 Å². The third-order valence-corrected chi connectivity index (χ3v) is 3.07. The number of imidazole rings is 1. The second-order valence-electron chi connectivity index (χ2n) is 3.68. The van der Waals surface area contributed by atoms with Crippen molar-refractivity contribution in [2.75, 3.05) is 0 Å². The molecule has 1 aromatic carbocycles. The highest BCUT2D eigenvalue weighted by atomic mass is 32.3. The van der Waals surface area contributed by atoms with Crippen molar-refractivity contribution >= 4 is 21.3 Å². The smallest absolute Gasteiger partial charge is 0.336 e. The molecular formula is C9H6F4N2O2S. The average molecular weight is 282 g/mol. The number of alkyl halides is 2. The fourth-order valence-corrected chi connectivity index (χ4v) is 1.79. The minimum atomic E-state index is -6.18. The minimum Gasteiger partial charge on any atom is -0.336 e. The second-order valence-corrected chi connectivity index (χ2v) is 5.07. The van der Waals surface area contributed by atoms with Crippen LogP contribution in [0, 0.1) is 12.7 Å². The maximum Gasteiger partial charge on any atom is 0.430 e. The van der Waals surface area contributed by atoms with E-state index in [9.17, 15) is 25.5 Å². The summed E-state index contributed by atoms with van der Waals surface area (Å²) < 4.78 is 72.7. The van der Waals surface area contributed by atoms with E-state index in [-0.39, 0.29) is 5.52 Å². The summed E-state index contributed by atoms with van der Waals surface area (Å²) >= 11 is 0. The van der Waals surface area contributed by atoms with E-state index in [0.29, 0.717) is 5.56 Å². The topological polar surface area (TPSA) is 62.8 Å². The lowest BCUT2D eigenvalue weighted by molar-refractivity contribution is 0.0755. The molecule has 0 aliphatic rings. The second kappa shape index (κ2) is 3.67. The zero-order valence-electron chi connectivity index (χ0n) is 8.84. The van der Waals surface area contributed by atoms with Gasteiger partial charge in [-0.1, -0.05) is 3.89 Å². The quantitative estimate of drug-likeness (QED) is 0.679. The zero-order valence-corrected chi connectivity index (χ0v) is 9.66. The van der Waals surface area contributed by atoms with Gasteiger partial charge in [0.1, 0.15) is 5.52 Å². The summed E-state index contributed by atoms with van der Waals surface area (Å²) in [6.45, 7) is 1.51. The van der Waals surface area contributed by atoms with Gasteiger partial charge in [-0.25, -0.2) is 9.37 Å². The predicted molar refractivity (Wildman–Crippen MR) is 54.7 cm³/mol. The predicted octanol–water partition coefficient (Wildman–Crippen LogP) is 2.36. The van der Waals surface area contributed by atoms with E-state index in [1.807, 2.05) is 4.98 Å². The van der Waals surface area contributed by atoms with Crippen molar-refractivity contribution in [1.29, 1.82) is 0 Å². The number of nitrogens with one attached hydrogen (secondary N) is 1. The van der Waals surface area contributed by atoms with E-state index in [1.165, 1.54) is 13.0 Å². The summed E-state index contributed by atoms with van der Waals surface area (Å²) in [5.41, 5.74) is -0.189. The molecule has 4 nitrogen and oxygen atoms in total. The van der Waals surface area contributed by atoms with Gasteiger partial charge in [0.05, 0.1) is 5.52 Å². The number of halogens is 4. The van der Waals surface area contributed by atoms with Crippen molar-refractivity contribution in [3.8, 4) is 0 Å². The molecule has 0 radical (unpaired) electrons. The van der Waals surface area contributed by atoms with Crippen LogP contribution in [0.15, 0.2) is 12.1 Å². The lowest BCUT2D eigenvalue weighted by Gasteiger charge is -2.06. The lowest BCUT2D eigenvalue weighted by atomic mass is 10.2. The van der Waals surface area contributed by atoms with E-state index < -0.39 is 32.6 Å². The first kappa shape index (κ1) is 12.8. The Morgan fingerprint density at radius 2 is 1.94 bits per heavy atom. The van der Waals surface area contributed by atoms with Gasteiger partial charge in [0.15, 0.2) is 11.6 Å². The third-order valence-electron chi connectivity index (χ3n) is 2.27. The van der Waals surface area contributed by atoms with E-state index in [0.717, 1.165) is 6.07 Å². The van der Waals surface area contributed by atoms with Gasteiger partial charge in [0.25, 0.3) is 0 Å². The van der Waals surface area contributed by atoms with Gasteiger partial charge in [-0.05, 0) is 24.6 Å².